The van der Waals surface area contributed by atoms with Crippen molar-refractivity contribution in [3.63, 3.8) is 0 Å². The summed E-state index contributed by atoms with van der Waals surface area (Å²) in [7, 11) is 1.60. The molecular weight excluding hydrogens is 342 g/mol. The lowest BCUT2D eigenvalue weighted by Gasteiger charge is -2.27. The van der Waals surface area contributed by atoms with Crippen molar-refractivity contribution in [1.29, 1.82) is 0 Å². The van der Waals surface area contributed by atoms with E-state index in [4.69, 9.17) is 10.5 Å². The van der Waals surface area contributed by atoms with Gasteiger partial charge in [0.1, 0.15) is 11.4 Å². The van der Waals surface area contributed by atoms with Crippen LogP contribution in [0.2, 0.25) is 0 Å². The number of nitrogens with one attached hydrogen (secondary N) is 1. The molecule has 1 aliphatic rings. The highest BCUT2D eigenvalue weighted by atomic mass is 16.5. The third-order valence-electron chi connectivity index (χ3n) is 5.10. The van der Waals surface area contributed by atoms with E-state index in [-0.39, 0.29) is 5.91 Å². The molecule has 0 saturated carbocycles. The number of nitrogens with zero attached hydrogens (tertiary/aromatic N) is 3. The first-order valence-corrected chi connectivity index (χ1v) is 9.61. The average Bonchev–Trinajstić information content (AvgIpc) is 3.09. The van der Waals surface area contributed by atoms with Gasteiger partial charge in [-0.25, -0.2) is 0 Å². The van der Waals surface area contributed by atoms with Gasteiger partial charge in [0.15, 0.2) is 0 Å². The summed E-state index contributed by atoms with van der Waals surface area (Å²) in [4.78, 5) is 17.3. The van der Waals surface area contributed by atoms with Crippen LogP contribution < -0.4 is 10.5 Å². The van der Waals surface area contributed by atoms with Gasteiger partial charge >= 0.3 is 0 Å². The molecule has 3 N–H and O–H groups in total. The molecule has 27 heavy (non-hydrogen) atoms. The fraction of sp³-hybridized carbons (Fsp3) is 0.500. The number of aromatic nitrogens is 2. The Morgan fingerprint density at radius 1 is 1.26 bits per heavy atom. The Labute approximate surface area is 160 Å². The van der Waals surface area contributed by atoms with Crippen LogP contribution in [0.3, 0.4) is 0 Å². The van der Waals surface area contributed by atoms with Crippen molar-refractivity contribution in [1.82, 2.24) is 20.0 Å². The molecule has 1 fully saturated rings. The first kappa shape index (κ1) is 19.2. The summed E-state index contributed by atoms with van der Waals surface area (Å²) in [6.07, 6.45) is 6.66. The second-order valence-corrected chi connectivity index (χ2v) is 6.99. The molecule has 1 aromatic heterocycles. The number of carbonyl (C=O) groups excluding carboxylic acids is 1. The van der Waals surface area contributed by atoms with Crippen molar-refractivity contribution in [3.05, 3.63) is 41.7 Å². The third-order valence-corrected chi connectivity index (χ3v) is 5.10. The molecule has 0 bridgehead atoms. The van der Waals surface area contributed by atoms with Crippen molar-refractivity contribution in [2.45, 2.75) is 32.2 Å². The number of H-pyrrole nitrogens is 1. The second-order valence-electron chi connectivity index (χ2n) is 6.99. The maximum absolute atomic E-state index is 13.0. The first-order valence-electron chi connectivity index (χ1n) is 9.61. The van der Waals surface area contributed by atoms with Gasteiger partial charge in [0, 0.05) is 31.4 Å². The highest BCUT2D eigenvalue weighted by Crippen LogP contribution is 2.27. The quantitative estimate of drug-likeness (QED) is 0.730. The van der Waals surface area contributed by atoms with Gasteiger partial charge in [-0.1, -0.05) is 25.0 Å². The number of rotatable bonds is 7. The molecule has 1 saturated heterocycles. The zero-order chi connectivity index (χ0) is 19.1. The Bertz CT molecular complexity index is 724. The van der Waals surface area contributed by atoms with E-state index in [9.17, 15) is 4.79 Å². The van der Waals surface area contributed by atoms with Crippen LogP contribution >= 0.6 is 0 Å². The van der Waals surface area contributed by atoms with E-state index in [2.05, 4.69) is 15.1 Å². The molecule has 1 aromatic carbocycles. The Hall–Kier alpha value is -2.54. The van der Waals surface area contributed by atoms with Crippen molar-refractivity contribution in [3.8, 4) is 5.75 Å². The summed E-state index contributed by atoms with van der Waals surface area (Å²) in [6, 6.07) is 7.35. The number of anilines is 1. The van der Waals surface area contributed by atoms with Crippen molar-refractivity contribution in [2.75, 3.05) is 39.0 Å². The van der Waals surface area contributed by atoms with Gasteiger partial charge < -0.3 is 20.3 Å². The first-order chi connectivity index (χ1) is 13.2. The van der Waals surface area contributed by atoms with Gasteiger partial charge in [-0.3, -0.25) is 9.89 Å². The smallest absolute Gasteiger partial charge is 0.272 e. The minimum Gasteiger partial charge on any atom is -0.494 e. The molecule has 0 spiro atoms. The minimum atomic E-state index is -0.0631. The standard InChI is InChI=1S/C20H29N5O2/c1-27-19-16(7-6-8-17(19)21)15-25(20(26)18-9-10-22-23-18)14-13-24-11-4-2-3-5-12-24/h6-10H,2-5,11-15,21H2,1H3,(H,22,23). The lowest BCUT2D eigenvalue weighted by Crippen LogP contribution is -2.39. The molecule has 0 aliphatic carbocycles. The number of amides is 1. The number of benzene rings is 1. The molecule has 0 radical (unpaired) electrons. The zero-order valence-electron chi connectivity index (χ0n) is 16.0. The molecule has 7 nitrogen and oxygen atoms in total. The molecule has 1 aliphatic heterocycles. The molecule has 3 rings (SSSR count). The third kappa shape index (κ3) is 5.01. The maximum Gasteiger partial charge on any atom is 0.272 e. The van der Waals surface area contributed by atoms with Crippen LogP contribution in [0.5, 0.6) is 5.75 Å². The Morgan fingerprint density at radius 2 is 2.04 bits per heavy atom. The van der Waals surface area contributed by atoms with Gasteiger partial charge in [0.25, 0.3) is 5.91 Å². The van der Waals surface area contributed by atoms with E-state index in [1.54, 1.807) is 25.4 Å². The van der Waals surface area contributed by atoms with Crippen LogP contribution in [0.25, 0.3) is 0 Å². The predicted octanol–water partition coefficient (Wildman–Crippen LogP) is 2.52. The SMILES string of the molecule is COc1c(N)cccc1CN(CCN1CCCCCC1)C(=O)c1ccn[nH]1. The number of methoxy groups -OCH3 is 1. The molecule has 2 aromatic rings. The van der Waals surface area contributed by atoms with Gasteiger partial charge in [-0.05, 0) is 38.1 Å². The molecule has 0 atom stereocenters. The van der Waals surface area contributed by atoms with E-state index < -0.39 is 0 Å². The fourth-order valence-electron chi connectivity index (χ4n) is 3.60. The highest BCUT2D eigenvalue weighted by molar-refractivity contribution is 5.92. The highest BCUT2D eigenvalue weighted by Gasteiger charge is 2.21. The van der Waals surface area contributed by atoms with Gasteiger partial charge in [-0.15, -0.1) is 0 Å². The summed E-state index contributed by atoms with van der Waals surface area (Å²) in [6.45, 7) is 4.17. The van der Waals surface area contributed by atoms with Crippen LogP contribution in [0.1, 0.15) is 41.7 Å². The summed E-state index contributed by atoms with van der Waals surface area (Å²) < 4.78 is 5.46. The maximum atomic E-state index is 13.0. The molecule has 2 heterocycles. The normalized spacial score (nSPS) is 15.3. The number of nitrogen functional groups attached to an aromatic ring is 1. The van der Waals surface area contributed by atoms with E-state index in [1.165, 1.54) is 25.7 Å². The van der Waals surface area contributed by atoms with Crippen LogP contribution in [0.15, 0.2) is 30.5 Å². The second kappa shape index (κ2) is 9.41. The number of carbonyl (C=O) groups is 1. The van der Waals surface area contributed by atoms with E-state index in [0.717, 1.165) is 25.2 Å². The van der Waals surface area contributed by atoms with Crippen LogP contribution in [0, 0.1) is 0 Å². The largest absolute Gasteiger partial charge is 0.494 e. The van der Waals surface area contributed by atoms with E-state index in [0.29, 0.717) is 30.2 Å². The number of para-hydroxylation sites is 1. The van der Waals surface area contributed by atoms with Gasteiger partial charge in [-0.2, -0.15) is 5.10 Å². The molecule has 0 unspecified atom stereocenters. The van der Waals surface area contributed by atoms with E-state index >= 15 is 0 Å². The molecule has 7 heteroatoms. The summed E-state index contributed by atoms with van der Waals surface area (Å²) in [5, 5.41) is 6.70. The Balaban J connectivity index is 1.75. The van der Waals surface area contributed by atoms with E-state index in [1.807, 2.05) is 17.0 Å². The average molecular weight is 371 g/mol. The zero-order valence-corrected chi connectivity index (χ0v) is 16.0. The molecule has 1 amide bonds. The number of aromatic amines is 1. The lowest BCUT2D eigenvalue weighted by molar-refractivity contribution is 0.0715. The summed E-state index contributed by atoms with van der Waals surface area (Å²) in [5.74, 6) is 0.571. The number of hydrogen-bond donors (Lipinski definition) is 2. The van der Waals surface area contributed by atoms with Crippen molar-refractivity contribution in [2.24, 2.45) is 0 Å². The Kier molecular flexibility index (Phi) is 6.70. The molecule has 146 valence electrons. The van der Waals surface area contributed by atoms with Gasteiger partial charge in [0.2, 0.25) is 0 Å². The van der Waals surface area contributed by atoms with Gasteiger partial charge in [0.05, 0.1) is 12.8 Å². The number of hydrogen-bond acceptors (Lipinski definition) is 5. The van der Waals surface area contributed by atoms with Crippen LogP contribution in [-0.4, -0.2) is 59.2 Å². The minimum absolute atomic E-state index is 0.0631. The van der Waals surface area contributed by atoms with Crippen molar-refractivity contribution < 1.29 is 9.53 Å². The Morgan fingerprint density at radius 3 is 2.70 bits per heavy atom. The monoisotopic (exact) mass is 371 g/mol. The number of ether oxygens (including phenoxy) is 1. The number of likely N-dealkylation sites (tertiary alicyclic amines) is 1. The summed E-state index contributed by atoms with van der Waals surface area (Å²) >= 11 is 0. The predicted molar refractivity (Wildman–Crippen MR) is 106 cm³/mol. The number of nitrogens with two attached hydrogens (primary N) is 1. The van der Waals surface area contributed by atoms with Crippen molar-refractivity contribution >= 4 is 11.6 Å². The van der Waals surface area contributed by atoms with Crippen LogP contribution in [0.4, 0.5) is 5.69 Å². The topological polar surface area (TPSA) is 87.5 Å². The summed E-state index contributed by atoms with van der Waals surface area (Å²) in [5.41, 5.74) is 8.01. The lowest BCUT2D eigenvalue weighted by atomic mass is 10.1. The fourth-order valence-corrected chi connectivity index (χ4v) is 3.60. The molecular formula is C20H29N5O2. The van der Waals surface area contributed by atoms with Crippen LogP contribution in [-0.2, 0) is 6.54 Å².